The highest BCUT2D eigenvalue weighted by Crippen LogP contribution is 2.19. The van der Waals surface area contributed by atoms with Crippen LogP contribution in [0, 0.1) is 5.41 Å². The summed E-state index contributed by atoms with van der Waals surface area (Å²) in [5.74, 6) is 0.969. The van der Waals surface area contributed by atoms with Crippen LogP contribution in [-0.4, -0.2) is 15.6 Å². The minimum absolute atomic E-state index is 0.259. The molecule has 0 saturated carbocycles. The molecule has 0 fully saturated rings. The number of hydrogen-bond acceptors (Lipinski definition) is 2. The van der Waals surface area contributed by atoms with Gasteiger partial charge in [0, 0.05) is 13.1 Å². The third-order valence-electron chi connectivity index (χ3n) is 2.89. The van der Waals surface area contributed by atoms with E-state index in [1.165, 1.54) is 0 Å². The van der Waals surface area contributed by atoms with Crippen molar-refractivity contribution < 1.29 is 0 Å². The van der Waals surface area contributed by atoms with E-state index in [1.54, 1.807) is 6.20 Å². The molecule has 1 rings (SSSR count). The summed E-state index contributed by atoms with van der Waals surface area (Å²) >= 11 is 5.91. The Morgan fingerprint density at radius 2 is 2.13 bits per heavy atom. The predicted octanol–water partition coefficient (Wildman–Crippen LogP) is 2.60. The molecule has 1 aromatic rings. The fourth-order valence-corrected chi connectivity index (χ4v) is 1.29. The minimum atomic E-state index is 0.259. The highest BCUT2D eigenvalue weighted by Gasteiger charge is 2.19. The van der Waals surface area contributed by atoms with E-state index in [4.69, 9.17) is 11.6 Å². The fraction of sp³-hybridized carbons (Fsp3) is 0.727. The molecule has 0 radical (unpaired) electrons. The van der Waals surface area contributed by atoms with Crippen molar-refractivity contribution >= 4 is 11.6 Å². The number of aromatic nitrogens is 2. The van der Waals surface area contributed by atoms with Gasteiger partial charge in [-0.15, -0.1) is 0 Å². The quantitative estimate of drug-likeness (QED) is 0.864. The van der Waals surface area contributed by atoms with Crippen molar-refractivity contribution in [3.63, 3.8) is 0 Å². The van der Waals surface area contributed by atoms with E-state index in [2.05, 4.69) is 38.0 Å². The lowest BCUT2D eigenvalue weighted by Crippen LogP contribution is -2.37. The zero-order chi connectivity index (χ0) is 11.6. The first kappa shape index (κ1) is 12.5. The monoisotopic (exact) mass is 229 g/mol. The van der Waals surface area contributed by atoms with E-state index in [1.807, 2.05) is 11.6 Å². The highest BCUT2D eigenvalue weighted by molar-refractivity contribution is 6.29. The van der Waals surface area contributed by atoms with Gasteiger partial charge in [0.2, 0.25) is 0 Å². The van der Waals surface area contributed by atoms with Crippen LogP contribution in [0.15, 0.2) is 6.20 Å². The second-order valence-corrected chi connectivity index (χ2v) is 5.41. The van der Waals surface area contributed by atoms with Crippen LogP contribution in [0.5, 0.6) is 0 Å². The van der Waals surface area contributed by atoms with E-state index >= 15 is 0 Å². The van der Waals surface area contributed by atoms with Crippen molar-refractivity contribution in [1.29, 1.82) is 0 Å². The predicted molar refractivity (Wildman–Crippen MR) is 64.0 cm³/mol. The summed E-state index contributed by atoms with van der Waals surface area (Å²) < 4.78 is 1.89. The van der Waals surface area contributed by atoms with Gasteiger partial charge in [-0.25, -0.2) is 4.98 Å². The molecular formula is C11H20ClN3. The van der Waals surface area contributed by atoms with E-state index in [0.717, 1.165) is 12.4 Å². The third kappa shape index (κ3) is 3.21. The molecule has 0 amide bonds. The molecule has 15 heavy (non-hydrogen) atoms. The first-order valence-corrected chi connectivity index (χ1v) is 5.59. The average Bonchev–Trinajstić information content (AvgIpc) is 2.43. The molecule has 1 N–H and O–H groups in total. The maximum Gasteiger partial charge on any atom is 0.128 e. The number of nitrogens with zero attached hydrogens (tertiary/aromatic N) is 2. The van der Waals surface area contributed by atoms with Crippen molar-refractivity contribution in [2.45, 2.75) is 40.3 Å². The molecule has 1 heterocycles. The normalized spacial score (nSPS) is 14.3. The molecule has 1 unspecified atom stereocenters. The first-order valence-electron chi connectivity index (χ1n) is 5.22. The van der Waals surface area contributed by atoms with Gasteiger partial charge in [-0.3, -0.25) is 0 Å². The smallest absolute Gasteiger partial charge is 0.128 e. The Labute approximate surface area is 96.8 Å². The Balaban J connectivity index is 2.55. The van der Waals surface area contributed by atoms with Crippen molar-refractivity contribution in [3.8, 4) is 0 Å². The van der Waals surface area contributed by atoms with E-state index in [-0.39, 0.29) is 5.41 Å². The van der Waals surface area contributed by atoms with Gasteiger partial charge in [0.15, 0.2) is 0 Å². The topological polar surface area (TPSA) is 29.9 Å². The second kappa shape index (κ2) is 4.54. The van der Waals surface area contributed by atoms with Gasteiger partial charge in [-0.1, -0.05) is 32.4 Å². The van der Waals surface area contributed by atoms with Gasteiger partial charge in [-0.2, -0.15) is 0 Å². The molecule has 0 saturated heterocycles. The standard InChI is InChI=1S/C11H20ClN3/c1-8(11(2,3)4)13-7-10-14-6-9(12)15(10)5/h6,8,13H,7H2,1-5H3. The average molecular weight is 230 g/mol. The molecule has 0 aliphatic rings. The lowest BCUT2D eigenvalue weighted by Gasteiger charge is -2.28. The summed E-state index contributed by atoms with van der Waals surface area (Å²) in [5, 5.41) is 4.13. The summed E-state index contributed by atoms with van der Waals surface area (Å²) in [6.07, 6.45) is 1.68. The van der Waals surface area contributed by atoms with Gasteiger partial charge in [0.25, 0.3) is 0 Å². The molecule has 4 heteroatoms. The van der Waals surface area contributed by atoms with Crippen LogP contribution in [0.3, 0.4) is 0 Å². The third-order valence-corrected chi connectivity index (χ3v) is 3.24. The summed E-state index contributed by atoms with van der Waals surface area (Å²) in [5.41, 5.74) is 0.259. The van der Waals surface area contributed by atoms with E-state index in [0.29, 0.717) is 11.2 Å². The Kier molecular flexibility index (Phi) is 3.79. The molecule has 3 nitrogen and oxygen atoms in total. The van der Waals surface area contributed by atoms with Gasteiger partial charge in [-0.05, 0) is 12.3 Å². The largest absolute Gasteiger partial charge is 0.321 e. The van der Waals surface area contributed by atoms with Crippen molar-refractivity contribution in [3.05, 3.63) is 17.2 Å². The summed E-state index contributed by atoms with van der Waals surface area (Å²) in [6, 6.07) is 0.438. The summed E-state index contributed by atoms with van der Waals surface area (Å²) in [6.45, 7) is 9.59. The van der Waals surface area contributed by atoms with Crippen LogP contribution < -0.4 is 5.32 Å². The first-order chi connectivity index (χ1) is 6.82. The maximum absolute atomic E-state index is 5.91. The van der Waals surface area contributed by atoms with Crippen LogP contribution in [0.1, 0.15) is 33.5 Å². The summed E-state index contributed by atoms with van der Waals surface area (Å²) in [7, 11) is 1.92. The van der Waals surface area contributed by atoms with Crippen molar-refractivity contribution in [2.75, 3.05) is 0 Å². The number of imidazole rings is 1. The molecule has 0 spiro atoms. The van der Waals surface area contributed by atoms with Gasteiger partial charge < -0.3 is 9.88 Å². The Hall–Kier alpha value is -0.540. The van der Waals surface area contributed by atoms with Gasteiger partial charge in [0.05, 0.1) is 12.7 Å². The fourth-order valence-electron chi connectivity index (χ4n) is 1.14. The van der Waals surface area contributed by atoms with Crippen LogP contribution in [0.2, 0.25) is 5.15 Å². The van der Waals surface area contributed by atoms with E-state index in [9.17, 15) is 0 Å². The molecule has 0 bridgehead atoms. The number of nitrogens with one attached hydrogen (secondary N) is 1. The van der Waals surface area contributed by atoms with Crippen LogP contribution >= 0.6 is 11.6 Å². The molecular weight excluding hydrogens is 210 g/mol. The van der Waals surface area contributed by atoms with Crippen LogP contribution in [0.4, 0.5) is 0 Å². The number of rotatable bonds is 3. The highest BCUT2D eigenvalue weighted by atomic mass is 35.5. The molecule has 0 aromatic carbocycles. The van der Waals surface area contributed by atoms with Crippen molar-refractivity contribution in [2.24, 2.45) is 12.5 Å². The van der Waals surface area contributed by atoms with Crippen LogP contribution in [0.25, 0.3) is 0 Å². The number of hydrogen-bond donors (Lipinski definition) is 1. The molecule has 0 aliphatic heterocycles. The Morgan fingerprint density at radius 1 is 1.53 bits per heavy atom. The number of halogens is 1. The SMILES string of the molecule is CC(NCc1ncc(Cl)n1C)C(C)(C)C. The van der Waals surface area contributed by atoms with Crippen molar-refractivity contribution in [1.82, 2.24) is 14.9 Å². The van der Waals surface area contributed by atoms with Gasteiger partial charge >= 0.3 is 0 Å². The maximum atomic E-state index is 5.91. The van der Waals surface area contributed by atoms with Gasteiger partial charge in [0.1, 0.15) is 11.0 Å². The zero-order valence-corrected chi connectivity index (χ0v) is 10.9. The Bertz CT molecular complexity index is 325. The molecule has 1 aromatic heterocycles. The minimum Gasteiger partial charge on any atom is -0.321 e. The molecule has 0 aliphatic carbocycles. The lowest BCUT2D eigenvalue weighted by atomic mass is 9.88. The summed E-state index contributed by atoms with van der Waals surface area (Å²) in [4.78, 5) is 4.24. The van der Waals surface area contributed by atoms with Crippen LogP contribution in [-0.2, 0) is 13.6 Å². The van der Waals surface area contributed by atoms with E-state index < -0.39 is 0 Å². The Morgan fingerprint density at radius 3 is 2.53 bits per heavy atom. The second-order valence-electron chi connectivity index (χ2n) is 5.02. The molecule has 86 valence electrons. The molecule has 1 atom stereocenters. The zero-order valence-electron chi connectivity index (χ0n) is 10.1. The lowest BCUT2D eigenvalue weighted by molar-refractivity contribution is 0.282.